The van der Waals surface area contributed by atoms with Crippen LogP contribution in [0, 0.1) is 0 Å². The van der Waals surface area contributed by atoms with E-state index in [1.165, 1.54) is 19.2 Å². The largest absolute Gasteiger partial charge is 0.481 e. The van der Waals surface area contributed by atoms with Gasteiger partial charge in [-0.3, -0.25) is 14.4 Å². The van der Waals surface area contributed by atoms with Crippen molar-refractivity contribution in [3.63, 3.8) is 0 Å². The molecule has 0 heterocycles. The Balaban J connectivity index is 2.13. The Morgan fingerprint density at radius 1 is 0.941 bits per heavy atom. The molecule has 174 valence electrons. The van der Waals surface area contributed by atoms with Crippen LogP contribution < -0.4 is 27.0 Å². The van der Waals surface area contributed by atoms with E-state index in [0.717, 1.165) is 10.6 Å². The topological polar surface area (TPSA) is 136 Å². The molecule has 1 atom stereocenters. The van der Waals surface area contributed by atoms with Crippen LogP contribution in [0.5, 0.6) is 0 Å². The van der Waals surface area contributed by atoms with E-state index in [1.807, 2.05) is 60.7 Å². The average molecular weight is 478 g/mol. The van der Waals surface area contributed by atoms with Gasteiger partial charge in [0.1, 0.15) is 6.04 Å². The number of amides is 2. The van der Waals surface area contributed by atoms with Crippen LogP contribution in [0.2, 0.25) is 0 Å². The van der Waals surface area contributed by atoms with Gasteiger partial charge in [0.2, 0.25) is 5.91 Å². The monoisotopic (exact) mass is 478 g/mol. The summed E-state index contributed by atoms with van der Waals surface area (Å²) in [6, 6.07) is 22.3. The molecule has 0 spiro atoms. The van der Waals surface area contributed by atoms with Crippen LogP contribution >= 0.6 is 7.92 Å². The van der Waals surface area contributed by atoms with Crippen molar-refractivity contribution < 1.29 is 29.0 Å². The minimum atomic E-state index is -1.38. The van der Waals surface area contributed by atoms with Crippen molar-refractivity contribution in [3.05, 3.63) is 90.0 Å². The summed E-state index contributed by atoms with van der Waals surface area (Å²) >= 11 is 0. The van der Waals surface area contributed by atoms with E-state index in [-0.39, 0.29) is 5.56 Å². The lowest BCUT2D eigenvalue weighted by atomic mass is 10.1. The number of carboxylic acids is 1. The third-order valence-corrected chi connectivity index (χ3v) is 7.44. The van der Waals surface area contributed by atoms with Crippen molar-refractivity contribution >= 4 is 47.6 Å². The van der Waals surface area contributed by atoms with Crippen LogP contribution in [-0.2, 0) is 14.3 Å². The molecule has 3 aromatic carbocycles. The average Bonchev–Trinajstić information content (AvgIpc) is 2.84. The Labute approximate surface area is 197 Å². The Kier molecular flexibility index (Phi) is 8.11. The molecule has 4 N–H and O–H groups in total. The number of primary amides is 1. The van der Waals surface area contributed by atoms with Crippen molar-refractivity contribution in [1.29, 1.82) is 0 Å². The minimum Gasteiger partial charge on any atom is -0.481 e. The predicted octanol–water partition coefficient (Wildman–Crippen LogP) is 1.29. The van der Waals surface area contributed by atoms with Crippen LogP contribution in [0.3, 0.4) is 0 Å². The fraction of sp³-hybridized carbons (Fsp3) is 0.120. The normalized spacial score (nSPS) is 11.5. The summed E-state index contributed by atoms with van der Waals surface area (Å²) in [4.78, 5) is 48.2. The van der Waals surface area contributed by atoms with Crippen molar-refractivity contribution in [2.75, 3.05) is 7.11 Å². The number of carbonyl (C=O) groups excluding carboxylic acids is 3. The summed E-state index contributed by atoms with van der Waals surface area (Å²) in [7, 11) is 0.0219. The first-order valence-corrected chi connectivity index (χ1v) is 11.6. The van der Waals surface area contributed by atoms with E-state index in [9.17, 15) is 19.2 Å². The number of benzene rings is 3. The van der Waals surface area contributed by atoms with E-state index in [2.05, 4.69) is 5.32 Å². The lowest BCUT2D eigenvalue weighted by molar-refractivity contribution is -0.139. The highest BCUT2D eigenvalue weighted by Gasteiger charge is 2.26. The fourth-order valence-corrected chi connectivity index (χ4v) is 5.83. The van der Waals surface area contributed by atoms with E-state index < -0.39 is 44.1 Å². The fourth-order valence-electron chi connectivity index (χ4n) is 3.36. The quantitative estimate of drug-likeness (QED) is 0.313. The van der Waals surface area contributed by atoms with Gasteiger partial charge in [0.25, 0.3) is 5.91 Å². The summed E-state index contributed by atoms with van der Waals surface area (Å²) in [5, 5.41) is 13.9. The van der Waals surface area contributed by atoms with Crippen molar-refractivity contribution in [1.82, 2.24) is 5.32 Å². The number of nitrogens with one attached hydrogen (secondary N) is 1. The van der Waals surface area contributed by atoms with Crippen LogP contribution in [0.25, 0.3) is 0 Å². The molecule has 2 amide bonds. The molecule has 3 rings (SSSR count). The number of aliphatic carboxylic acids is 1. The maximum Gasteiger partial charge on any atom is 0.338 e. The van der Waals surface area contributed by atoms with E-state index in [4.69, 9.17) is 15.6 Å². The van der Waals surface area contributed by atoms with Crippen LogP contribution in [-0.4, -0.2) is 42.0 Å². The van der Waals surface area contributed by atoms with Gasteiger partial charge in [-0.2, -0.15) is 0 Å². The summed E-state index contributed by atoms with van der Waals surface area (Å²) in [5.74, 6) is -3.47. The van der Waals surface area contributed by atoms with Crippen molar-refractivity contribution in [3.8, 4) is 0 Å². The molecule has 0 aliphatic rings. The zero-order valence-corrected chi connectivity index (χ0v) is 19.2. The van der Waals surface area contributed by atoms with Gasteiger partial charge in [0.05, 0.1) is 19.1 Å². The Morgan fingerprint density at radius 3 is 1.97 bits per heavy atom. The third kappa shape index (κ3) is 5.85. The number of ether oxygens (including phenoxy) is 1. The Hall–Kier alpha value is -4.03. The summed E-state index contributed by atoms with van der Waals surface area (Å²) < 4.78 is 4.98. The van der Waals surface area contributed by atoms with Gasteiger partial charge in [0.15, 0.2) is 0 Å². The van der Waals surface area contributed by atoms with Crippen LogP contribution in [0.1, 0.15) is 27.1 Å². The van der Waals surface area contributed by atoms with Gasteiger partial charge in [-0.25, -0.2) is 4.79 Å². The molecule has 0 unspecified atom stereocenters. The maximum atomic E-state index is 12.9. The SMILES string of the molecule is COC(=O)c1ccc(C(=O)N[C@@H](CC(=O)O)C(N)=O)cc1P(c1ccccc1)c1ccccc1. The molecule has 34 heavy (non-hydrogen) atoms. The molecule has 8 nitrogen and oxygen atoms in total. The van der Waals surface area contributed by atoms with Gasteiger partial charge in [0, 0.05) is 10.9 Å². The number of hydrogen-bond acceptors (Lipinski definition) is 5. The van der Waals surface area contributed by atoms with Crippen LogP contribution in [0.4, 0.5) is 0 Å². The molecule has 9 heteroatoms. The number of hydrogen-bond donors (Lipinski definition) is 3. The molecular weight excluding hydrogens is 455 g/mol. The second kappa shape index (κ2) is 11.2. The van der Waals surface area contributed by atoms with Crippen molar-refractivity contribution in [2.24, 2.45) is 5.73 Å². The second-order valence-electron chi connectivity index (χ2n) is 7.26. The molecule has 0 saturated carbocycles. The second-order valence-corrected chi connectivity index (χ2v) is 9.44. The zero-order valence-electron chi connectivity index (χ0n) is 18.3. The molecule has 0 fully saturated rings. The maximum absolute atomic E-state index is 12.9. The molecule has 0 saturated heterocycles. The van der Waals surface area contributed by atoms with Crippen molar-refractivity contribution in [2.45, 2.75) is 12.5 Å². The first-order chi connectivity index (χ1) is 16.3. The number of nitrogens with two attached hydrogens (primary N) is 1. The van der Waals surface area contributed by atoms with E-state index in [0.29, 0.717) is 10.9 Å². The summed E-state index contributed by atoms with van der Waals surface area (Å²) in [6.45, 7) is 0. The number of esters is 1. The molecule has 0 aromatic heterocycles. The summed E-state index contributed by atoms with van der Waals surface area (Å²) in [6.07, 6.45) is -0.644. The smallest absolute Gasteiger partial charge is 0.338 e. The van der Waals surface area contributed by atoms with Gasteiger partial charge < -0.3 is 20.9 Å². The van der Waals surface area contributed by atoms with Gasteiger partial charge in [-0.15, -0.1) is 0 Å². The van der Waals surface area contributed by atoms with E-state index >= 15 is 0 Å². The first-order valence-electron chi connectivity index (χ1n) is 10.3. The number of rotatable bonds is 9. The Bertz CT molecular complexity index is 1160. The van der Waals surface area contributed by atoms with Gasteiger partial charge >= 0.3 is 11.9 Å². The predicted molar refractivity (Wildman–Crippen MR) is 129 cm³/mol. The lowest BCUT2D eigenvalue weighted by Gasteiger charge is -2.22. The van der Waals surface area contributed by atoms with E-state index in [1.54, 1.807) is 6.07 Å². The number of carboxylic acid groups (broad SMARTS) is 1. The standard InChI is InChI=1S/C25H23N2O6P/c1-33-25(32)19-13-12-16(24(31)27-20(23(26)30)15-22(28)29)14-21(19)34(17-8-4-2-5-9-17)18-10-6-3-7-11-18/h2-14,20H,15H2,1H3,(H2,26,30)(H,27,31)(H,28,29)/t20-/m0/s1. The minimum absolute atomic E-state index is 0.152. The molecule has 3 aromatic rings. The molecule has 0 bridgehead atoms. The molecule has 0 radical (unpaired) electrons. The highest BCUT2D eigenvalue weighted by molar-refractivity contribution is 7.80. The Morgan fingerprint density at radius 2 is 1.50 bits per heavy atom. The van der Waals surface area contributed by atoms with Crippen LogP contribution in [0.15, 0.2) is 78.9 Å². The highest BCUT2D eigenvalue weighted by atomic mass is 31.1. The molecule has 0 aliphatic carbocycles. The third-order valence-electron chi connectivity index (χ3n) is 4.96. The number of carbonyl (C=O) groups is 4. The molecular formula is C25H23N2O6P. The van der Waals surface area contributed by atoms with Gasteiger partial charge in [-0.05, 0) is 36.7 Å². The highest BCUT2D eigenvalue weighted by Crippen LogP contribution is 2.34. The van der Waals surface area contributed by atoms with Gasteiger partial charge in [-0.1, -0.05) is 60.7 Å². The lowest BCUT2D eigenvalue weighted by Crippen LogP contribution is -2.45. The summed E-state index contributed by atoms with van der Waals surface area (Å²) in [5.41, 5.74) is 5.70. The zero-order chi connectivity index (χ0) is 24.7. The first kappa shape index (κ1) is 24.6. The number of methoxy groups -OCH3 is 1. The molecule has 0 aliphatic heterocycles.